The third-order valence-electron chi connectivity index (χ3n) is 3.56. The average molecular weight is 405 g/mol. The Morgan fingerprint density at radius 3 is 2.85 bits per heavy atom. The summed E-state index contributed by atoms with van der Waals surface area (Å²) in [6.07, 6.45) is 1.62. The monoisotopic (exact) mass is 404 g/mol. The fourth-order valence-electron chi connectivity index (χ4n) is 2.31. The highest BCUT2D eigenvalue weighted by Crippen LogP contribution is 2.32. The van der Waals surface area contributed by atoms with Gasteiger partial charge in [0.2, 0.25) is 5.82 Å². The molecule has 0 radical (unpaired) electrons. The van der Waals surface area contributed by atoms with Crippen LogP contribution in [0.25, 0.3) is 17.0 Å². The van der Waals surface area contributed by atoms with Crippen LogP contribution in [0, 0.1) is 6.92 Å². The van der Waals surface area contributed by atoms with Crippen molar-refractivity contribution in [1.82, 2.24) is 24.6 Å². The van der Waals surface area contributed by atoms with Crippen LogP contribution in [-0.2, 0) is 0 Å². The second-order valence-electron chi connectivity index (χ2n) is 5.35. The van der Waals surface area contributed by atoms with Gasteiger partial charge in [0.1, 0.15) is 0 Å². The lowest BCUT2D eigenvalue weighted by atomic mass is 10.2. The van der Waals surface area contributed by atoms with Gasteiger partial charge in [-0.15, -0.1) is 16.4 Å². The molecule has 4 aromatic rings. The van der Waals surface area contributed by atoms with E-state index >= 15 is 0 Å². The summed E-state index contributed by atoms with van der Waals surface area (Å²) in [5.41, 5.74) is 2.21. The largest absolute Gasteiger partial charge is 0.297 e. The van der Waals surface area contributed by atoms with E-state index in [1.165, 1.54) is 15.9 Å². The van der Waals surface area contributed by atoms with Crippen LogP contribution in [0.15, 0.2) is 35.8 Å². The first-order valence-corrected chi connectivity index (χ1v) is 9.05. The summed E-state index contributed by atoms with van der Waals surface area (Å²) in [6.45, 7) is 1.86. The van der Waals surface area contributed by atoms with Crippen molar-refractivity contribution in [2.45, 2.75) is 6.92 Å². The molecule has 10 heteroatoms. The standard InChI is InChI=1S/C16H10Cl2N6OS/c1-8-4-5-19-15-21-13(23-24(8)15)14(25)22-16-20-12(7-26-16)10-3-2-9(17)6-11(10)18/h2-7H,1H3,(H,20,22,25). The van der Waals surface area contributed by atoms with Crippen molar-refractivity contribution < 1.29 is 4.79 Å². The maximum atomic E-state index is 12.4. The number of halogens is 2. The molecule has 7 nitrogen and oxygen atoms in total. The first-order valence-electron chi connectivity index (χ1n) is 7.42. The molecule has 3 aromatic heterocycles. The third-order valence-corrected chi connectivity index (χ3v) is 4.87. The Kier molecular flexibility index (Phi) is 4.31. The molecule has 26 heavy (non-hydrogen) atoms. The van der Waals surface area contributed by atoms with E-state index in [9.17, 15) is 4.79 Å². The lowest BCUT2D eigenvalue weighted by Gasteiger charge is -2.01. The Morgan fingerprint density at radius 1 is 1.23 bits per heavy atom. The van der Waals surface area contributed by atoms with Gasteiger partial charge in [0.15, 0.2) is 5.13 Å². The summed E-state index contributed by atoms with van der Waals surface area (Å²) in [4.78, 5) is 25.0. The van der Waals surface area contributed by atoms with Crippen molar-refractivity contribution in [3.63, 3.8) is 0 Å². The Balaban J connectivity index is 1.58. The van der Waals surface area contributed by atoms with Crippen molar-refractivity contribution in [3.05, 3.63) is 57.4 Å². The third kappa shape index (κ3) is 3.14. The number of thiazole rings is 1. The van der Waals surface area contributed by atoms with Gasteiger partial charge in [-0.2, -0.15) is 4.98 Å². The predicted octanol–water partition coefficient (Wildman–Crippen LogP) is 4.12. The molecule has 3 heterocycles. The predicted molar refractivity (Wildman–Crippen MR) is 101 cm³/mol. The second kappa shape index (κ2) is 6.64. The molecule has 0 fully saturated rings. The van der Waals surface area contributed by atoms with E-state index in [4.69, 9.17) is 23.2 Å². The molecule has 0 saturated heterocycles. The number of hydrogen-bond acceptors (Lipinski definition) is 6. The Bertz CT molecular complexity index is 1140. The molecular formula is C16H10Cl2N6OS. The number of carbonyl (C=O) groups excluding carboxylic acids is 1. The van der Waals surface area contributed by atoms with Crippen LogP contribution < -0.4 is 5.32 Å². The fraction of sp³-hybridized carbons (Fsp3) is 0.0625. The van der Waals surface area contributed by atoms with E-state index in [1.807, 2.05) is 6.92 Å². The van der Waals surface area contributed by atoms with Crippen molar-refractivity contribution in [2.75, 3.05) is 5.32 Å². The van der Waals surface area contributed by atoms with E-state index in [2.05, 4.69) is 25.4 Å². The zero-order valence-corrected chi connectivity index (χ0v) is 15.6. The molecule has 0 aliphatic rings. The van der Waals surface area contributed by atoms with E-state index in [0.29, 0.717) is 26.6 Å². The van der Waals surface area contributed by atoms with Gasteiger partial charge in [-0.05, 0) is 31.2 Å². The first-order chi connectivity index (χ1) is 12.5. The fourth-order valence-corrected chi connectivity index (χ4v) is 3.52. The van der Waals surface area contributed by atoms with Crippen LogP contribution in [0.4, 0.5) is 5.13 Å². The molecule has 1 aromatic carbocycles. The van der Waals surface area contributed by atoms with Crippen LogP contribution in [0.1, 0.15) is 16.3 Å². The summed E-state index contributed by atoms with van der Waals surface area (Å²) in [7, 11) is 0. The summed E-state index contributed by atoms with van der Waals surface area (Å²) in [5.74, 6) is -0.0750. The quantitative estimate of drug-likeness (QED) is 0.554. The number of fused-ring (bicyclic) bond motifs is 1. The van der Waals surface area contributed by atoms with E-state index in [0.717, 1.165) is 11.3 Å². The number of aromatic nitrogens is 5. The van der Waals surface area contributed by atoms with E-state index in [1.54, 1.807) is 35.8 Å². The molecule has 1 amide bonds. The minimum atomic E-state index is -0.460. The van der Waals surface area contributed by atoms with Crippen LogP contribution in [0.2, 0.25) is 10.0 Å². The SMILES string of the molecule is Cc1ccnc2nc(C(=O)Nc3nc(-c4ccc(Cl)cc4Cl)cs3)nn12. The molecule has 0 saturated carbocycles. The van der Waals surface area contributed by atoms with Gasteiger partial charge in [0.05, 0.1) is 10.7 Å². The highest BCUT2D eigenvalue weighted by molar-refractivity contribution is 7.14. The lowest BCUT2D eigenvalue weighted by molar-refractivity contribution is 0.101. The number of benzene rings is 1. The summed E-state index contributed by atoms with van der Waals surface area (Å²) >= 11 is 13.4. The van der Waals surface area contributed by atoms with Crippen LogP contribution >= 0.6 is 34.5 Å². The van der Waals surface area contributed by atoms with Crippen LogP contribution in [0.3, 0.4) is 0 Å². The van der Waals surface area contributed by atoms with Crippen LogP contribution in [-0.4, -0.2) is 30.5 Å². The number of nitrogens with zero attached hydrogens (tertiary/aromatic N) is 5. The summed E-state index contributed by atoms with van der Waals surface area (Å²) < 4.78 is 1.51. The van der Waals surface area contributed by atoms with Gasteiger partial charge in [-0.3, -0.25) is 10.1 Å². The molecular weight excluding hydrogens is 395 g/mol. The number of nitrogens with one attached hydrogen (secondary N) is 1. The number of hydrogen-bond donors (Lipinski definition) is 1. The zero-order chi connectivity index (χ0) is 18.3. The maximum Gasteiger partial charge on any atom is 0.297 e. The van der Waals surface area contributed by atoms with Gasteiger partial charge in [0, 0.05) is 27.9 Å². The summed E-state index contributed by atoms with van der Waals surface area (Å²) in [5, 5.41) is 10.1. The van der Waals surface area contributed by atoms with Crippen molar-refractivity contribution in [3.8, 4) is 11.3 Å². The van der Waals surface area contributed by atoms with Gasteiger partial charge in [-0.25, -0.2) is 14.5 Å². The van der Waals surface area contributed by atoms with E-state index < -0.39 is 5.91 Å². The lowest BCUT2D eigenvalue weighted by Crippen LogP contribution is -2.13. The molecule has 0 spiro atoms. The number of aryl methyl sites for hydroxylation is 1. The Morgan fingerprint density at radius 2 is 2.08 bits per heavy atom. The number of rotatable bonds is 3. The van der Waals surface area contributed by atoms with Gasteiger partial charge in [-0.1, -0.05) is 23.2 Å². The molecule has 130 valence electrons. The van der Waals surface area contributed by atoms with Gasteiger partial charge in [0.25, 0.3) is 11.7 Å². The topological polar surface area (TPSA) is 85.1 Å². The molecule has 0 unspecified atom stereocenters. The molecule has 0 aliphatic carbocycles. The van der Waals surface area contributed by atoms with Crippen LogP contribution in [0.5, 0.6) is 0 Å². The van der Waals surface area contributed by atoms with E-state index in [-0.39, 0.29) is 5.82 Å². The zero-order valence-electron chi connectivity index (χ0n) is 13.3. The van der Waals surface area contributed by atoms with Crippen molar-refractivity contribution >= 4 is 51.4 Å². The molecule has 4 rings (SSSR count). The number of amides is 1. The Hall–Kier alpha value is -2.55. The molecule has 0 atom stereocenters. The van der Waals surface area contributed by atoms with Gasteiger partial charge >= 0.3 is 0 Å². The Labute approximate surface area is 161 Å². The number of carbonyl (C=O) groups is 1. The highest BCUT2D eigenvalue weighted by Gasteiger charge is 2.17. The average Bonchev–Trinajstić information content (AvgIpc) is 3.22. The minimum Gasteiger partial charge on any atom is -0.295 e. The highest BCUT2D eigenvalue weighted by atomic mass is 35.5. The number of anilines is 1. The van der Waals surface area contributed by atoms with Crippen molar-refractivity contribution in [1.29, 1.82) is 0 Å². The maximum absolute atomic E-state index is 12.4. The second-order valence-corrected chi connectivity index (χ2v) is 7.05. The molecule has 1 N–H and O–H groups in total. The van der Waals surface area contributed by atoms with Gasteiger partial charge < -0.3 is 0 Å². The molecule has 0 aliphatic heterocycles. The molecule has 0 bridgehead atoms. The van der Waals surface area contributed by atoms with Crippen molar-refractivity contribution in [2.24, 2.45) is 0 Å². The normalized spacial score (nSPS) is 11.0. The first kappa shape index (κ1) is 16.9. The smallest absolute Gasteiger partial charge is 0.295 e. The minimum absolute atomic E-state index is 0.0214. The summed E-state index contributed by atoms with van der Waals surface area (Å²) in [6, 6.07) is 6.94.